The van der Waals surface area contributed by atoms with E-state index in [-0.39, 0.29) is 5.91 Å². The lowest BCUT2D eigenvalue weighted by Gasteiger charge is -2.06. The first-order chi connectivity index (χ1) is 9.34. The van der Waals surface area contributed by atoms with Crippen LogP contribution in [0.1, 0.15) is 18.4 Å². The molecule has 1 aromatic carbocycles. The summed E-state index contributed by atoms with van der Waals surface area (Å²) in [5.74, 6) is 0.142. The van der Waals surface area contributed by atoms with Crippen molar-refractivity contribution < 1.29 is 4.79 Å². The van der Waals surface area contributed by atoms with Crippen LogP contribution in [-0.4, -0.2) is 17.0 Å². The Morgan fingerprint density at radius 1 is 1.05 bits per heavy atom. The van der Waals surface area contributed by atoms with E-state index in [0.717, 1.165) is 19.4 Å². The summed E-state index contributed by atoms with van der Waals surface area (Å²) in [7, 11) is 0. The highest BCUT2D eigenvalue weighted by molar-refractivity contribution is 5.75. The number of hydrogen-bond acceptors (Lipinski definition) is 1. The predicted molar refractivity (Wildman–Crippen MR) is 76.8 cm³/mol. The zero-order valence-corrected chi connectivity index (χ0v) is 11.1. The SMILES string of the molecule is O=C(CCCc1ccccc1)NCCn1cccc1. The molecule has 0 radical (unpaired) electrons. The average Bonchev–Trinajstić information content (AvgIpc) is 2.93. The van der Waals surface area contributed by atoms with Crippen LogP contribution in [0.15, 0.2) is 54.9 Å². The quantitative estimate of drug-likeness (QED) is 0.812. The Hall–Kier alpha value is -2.03. The molecule has 0 fully saturated rings. The van der Waals surface area contributed by atoms with E-state index < -0.39 is 0 Å². The maximum Gasteiger partial charge on any atom is 0.220 e. The van der Waals surface area contributed by atoms with Gasteiger partial charge in [0.2, 0.25) is 5.91 Å². The molecule has 0 saturated carbocycles. The fourth-order valence-electron chi connectivity index (χ4n) is 2.03. The van der Waals surface area contributed by atoms with Gasteiger partial charge >= 0.3 is 0 Å². The number of nitrogens with one attached hydrogen (secondary N) is 1. The highest BCUT2D eigenvalue weighted by Crippen LogP contribution is 2.04. The molecule has 100 valence electrons. The fourth-order valence-corrected chi connectivity index (χ4v) is 2.03. The molecule has 1 aromatic heterocycles. The molecule has 0 aliphatic heterocycles. The smallest absolute Gasteiger partial charge is 0.220 e. The highest BCUT2D eigenvalue weighted by Gasteiger charge is 2.01. The van der Waals surface area contributed by atoms with E-state index in [1.165, 1.54) is 5.56 Å². The maximum absolute atomic E-state index is 11.6. The van der Waals surface area contributed by atoms with Crippen molar-refractivity contribution in [1.82, 2.24) is 9.88 Å². The summed E-state index contributed by atoms with van der Waals surface area (Å²) in [6, 6.07) is 14.3. The van der Waals surface area contributed by atoms with Crippen molar-refractivity contribution in [2.45, 2.75) is 25.8 Å². The molecule has 0 unspecified atom stereocenters. The first-order valence-corrected chi connectivity index (χ1v) is 6.76. The summed E-state index contributed by atoms with van der Waals surface area (Å²) in [4.78, 5) is 11.6. The number of carbonyl (C=O) groups is 1. The number of amides is 1. The zero-order valence-electron chi connectivity index (χ0n) is 11.1. The van der Waals surface area contributed by atoms with Crippen molar-refractivity contribution in [3.05, 3.63) is 60.4 Å². The predicted octanol–water partition coefficient (Wildman–Crippen LogP) is 2.63. The van der Waals surface area contributed by atoms with Crippen LogP contribution in [-0.2, 0) is 17.8 Å². The van der Waals surface area contributed by atoms with E-state index in [1.807, 2.05) is 42.7 Å². The molecule has 3 nitrogen and oxygen atoms in total. The Bertz CT molecular complexity index is 477. The molecule has 1 N–H and O–H groups in total. The van der Waals surface area contributed by atoms with Crippen LogP contribution in [0.4, 0.5) is 0 Å². The third-order valence-electron chi connectivity index (χ3n) is 3.07. The van der Waals surface area contributed by atoms with Crippen molar-refractivity contribution in [2.75, 3.05) is 6.54 Å². The summed E-state index contributed by atoms with van der Waals surface area (Å²) in [6.07, 6.45) is 6.47. The van der Waals surface area contributed by atoms with Crippen LogP contribution in [0.5, 0.6) is 0 Å². The Balaban J connectivity index is 1.57. The minimum atomic E-state index is 0.142. The van der Waals surface area contributed by atoms with Gasteiger partial charge in [-0.3, -0.25) is 4.79 Å². The minimum Gasteiger partial charge on any atom is -0.354 e. The fraction of sp³-hybridized carbons (Fsp3) is 0.312. The lowest BCUT2D eigenvalue weighted by Crippen LogP contribution is -2.26. The molecule has 19 heavy (non-hydrogen) atoms. The summed E-state index contributed by atoms with van der Waals surface area (Å²) in [5.41, 5.74) is 1.29. The number of nitrogens with zero attached hydrogens (tertiary/aromatic N) is 1. The van der Waals surface area contributed by atoms with Crippen LogP contribution in [0, 0.1) is 0 Å². The van der Waals surface area contributed by atoms with Gasteiger partial charge in [-0.15, -0.1) is 0 Å². The number of benzene rings is 1. The van der Waals surface area contributed by atoms with Gasteiger partial charge in [-0.2, -0.15) is 0 Å². The molecule has 0 spiro atoms. The van der Waals surface area contributed by atoms with E-state index in [1.54, 1.807) is 0 Å². The number of hydrogen-bond donors (Lipinski definition) is 1. The second-order valence-electron chi connectivity index (χ2n) is 4.61. The molecule has 3 heteroatoms. The summed E-state index contributed by atoms with van der Waals surface area (Å²) < 4.78 is 2.06. The summed E-state index contributed by atoms with van der Waals surface area (Å²) in [5, 5.41) is 2.95. The Morgan fingerprint density at radius 2 is 1.79 bits per heavy atom. The summed E-state index contributed by atoms with van der Waals surface area (Å²) in [6.45, 7) is 1.52. The molecule has 1 amide bonds. The van der Waals surface area contributed by atoms with E-state index in [2.05, 4.69) is 22.0 Å². The molecular formula is C16H20N2O. The second-order valence-corrected chi connectivity index (χ2v) is 4.61. The van der Waals surface area contributed by atoms with Gasteiger partial charge in [0, 0.05) is 31.9 Å². The maximum atomic E-state index is 11.6. The van der Waals surface area contributed by atoms with Gasteiger partial charge in [-0.25, -0.2) is 0 Å². The Kier molecular flexibility index (Phi) is 5.23. The third-order valence-corrected chi connectivity index (χ3v) is 3.07. The van der Waals surface area contributed by atoms with Crippen molar-refractivity contribution in [1.29, 1.82) is 0 Å². The lowest BCUT2D eigenvalue weighted by molar-refractivity contribution is -0.121. The first kappa shape index (κ1) is 13.4. The number of carbonyl (C=O) groups excluding carboxylic acids is 1. The van der Waals surface area contributed by atoms with Crippen molar-refractivity contribution in [3.63, 3.8) is 0 Å². The Morgan fingerprint density at radius 3 is 2.53 bits per heavy atom. The van der Waals surface area contributed by atoms with Gasteiger partial charge in [0.15, 0.2) is 0 Å². The molecule has 2 rings (SSSR count). The van der Waals surface area contributed by atoms with Gasteiger partial charge < -0.3 is 9.88 Å². The molecule has 0 aliphatic rings. The van der Waals surface area contributed by atoms with Gasteiger partial charge in [0.05, 0.1) is 0 Å². The van der Waals surface area contributed by atoms with Crippen LogP contribution < -0.4 is 5.32 Å². The van der Waals surface area contributed by atoms with Gasteiger partial charge in [-0.05, 0) is 30.5 Å². The third kappa shape index (κ3) is 5.00. The molecule has 0 aliphatic carbocycles. The molecule has 2 aromatic rings. The van der Waals surface area contributed by atoms with Gasteiger partial charge in [-0.1, -0.05) is 30.3 Å². The molecule has 0 atom stereocenters. The topological polar surface area (TPSA) is 34.0 Å². The monoisotopic (exact) mass is 256 g/mol. The van der Waals surface area contributed by atoms with Crippen LogP contribution >= 0.6 is 0 Å². The highest BCUT2D eigenvalue weighted by atomic mass is 16.1. The molecule has 1 heterocycles. The normalized spacial score (nSPS) is 10.3. The average molecular weight is 256 g/mol. The summed E-state index contributed by atoms with van der Waals surface area (Å²) >= 11 is 0. The van der Waals surface area contributed by atoms with Crippen LogP contribution in [0.3, 0.4) is 0 Å². The standard InChI is InChI=1S/C16H20N2O/c19-16(17-11-14-18-12-4-5-13-18)10-6-9-15-7-2-1-3-8-15/h1-5,7-8,12-13H,6,9-11,14H2,(H,17,19). The number of aromatic nitrogens is 1. The van der Waals surface area contributed by atoms with Crippen molar-refractivity contribution >= 4 is 5.91 Å². The molecule has 0 saturated heterocycles. The van der Waals surface area contributed by atoms with E-state index >= 15 is 0 Å². The lowest BCUT2D eigenvalue weighted by atomic mass is 10.1. The van der Waals surface area contributed by atoms with Crippen LogP contribution in [0.25, 0.3) is 0 Å². The van der Waals surface area contributed by atoms with Gasteiger partial charge in [0.1, 0.15) is 0 Å². The van der Waals surface area contributed by atoms with E-state index in [4.69, 9.17) is 0 Å². The minimum absolute atomic E-state index is 0.142. The number of rotatable bonds is 7. The molecular weight excluding hydrogens is 236 g/mol. The first-order valence-electron chi connectivity index (χ1n) is 6.76. The van der Waals surface area contributed by atoms with E-state index in [0.29, 0.717) is 13.0 Å². The van der Waals surface area contributed by atoms with Gasteiger partial charge in [0.25, 0.3) is 0 Å². The number of aryl methyl sites for hydroxylation is 1. The Labute approximate surface area is 114 Å². The van der Waals surface area contributed by atoms with Crippen LogP contribution in [0.2, 0.25) is 0 Å². The largest absolute Gasteiger partial charge is 0.354 e. The second kappa shape index (κ2) is 7.41. The zero-order chi connectivity index (χ0) is 13.3. The van der Waals surface area contributed by atoms with E-state index in [9.17, 15) is 4.79 Å². The van der Waals surface area contributed by atoms with Crippen molar-refractivity contribution in [2.24, 2.45) is 0 Å². The van der Waals surface area contributed by atoms with Crippen molar-refractivity contribution in [3.8, 4) is 0 Å². The molecule has 0 bridgehead atoms.